The van der Waals surface area contributed by atoms with Crippen molar-refractivity contribution < 1.29 is 19.2 Å². The summed E-state index contributed by atoms with van der Waals surface area (Å²) in [4.78, 5) is 48.2. The molecule has 114 valence electrons. The number of hydrogen-bond acceptors (Lipinski definition) is 6. The molecule has 1 atom stereocenters. The summed E-state index contributed by atoms with van der Waals surface area (Å²) in [7, 11) is 2.62. The molecule has 0 radical (unpaired) electrons. The second-order valence-corrected chi connectivity index (χ2v) is 4.47. The predicted octanol–water partition coefficient (Wildman–Crippen LogP) is 0.164. The first-order valence-corrected chi connectivity index (χ1v) is 5.98. The van der Waals surface area contributed by atoms with Crippen LogP contribution in [0.3, 0.4) is 0 Å². The van der Waals surface area contributed by atoms with Crippen LogP contribution in [0.2, 0.25) is 0 Å². The van der Waals surface area contributed by atoms with Gasteiger partial charge in [0.15, 0.2) is 0 Å². The summed E-state index contributed by atoms with van der Waals surface area (Å²) in [5.74, 6) is -1.79. The number of aromatic nitrogens is 1. The number of esters is 1. The Morgan fingerprint density at radius 3 is 2.67 bits per heavy atom. The summed E-state index contributed by atoms with van der Waals surface area (Å²) in [6.45, 7) is 1.58. The molecule has 0 saturated carbocycles. The molecule has 9 nitrogen and oxygen atoms in total. The highest BCUT2D eigenvalue weighted by Crippen LogP contribution is 2.10. The highest BCUT2D eigenvalue weighted by molar-refractivity contribution is 5.94. The first kappa shape index (κ1) is 16.3. The molecule has 1 aromatic rings. The van der Waals surface area contributed by atoms with Crippen LogP contribution in [0.1, 0.15) is 17.3 Å². The minimum absolute atomic E-state index is 0.0215. The highest BCUT2D eigenvalue weighted by atomic mass is 16.6. The lowest BCUT2D eigenvalue weighted by Crippen LogP contribution is -2.36. The molecular formula is C12H15N3O6. The fraction of sp³-hybridized carbons (Fsp3) is 0.417. The molecule has 0 aliphatic carbocycles. The molecule has 1 N–H and O–H groups in total. The quantitative estimate of drug-likeness (QED) is 0.469. The van der Waals surface area contributed by atoms with Gasteiger partial charge < -0.3 is 14.6 Å². The molecule has 0 aromatic carbocycles. The van der Waals surface area contributed by atoms with Gasteiger partial charge in [-0.15, -0.1) is 0 Å². The number of nitrogens with one attached hydrogen (secondary N) is 1. The van der Waals surface area contributed by atoms with Crippen molar-refractivity contribution in [1.82, 2.24) is 9.88 Å². The number of methoxy groups -OCH3 is 1. The van der Waals surface area contributed by atoms with Crippen molar-refractivity contribution in [3.05, 3.63) is 38.3 Å². The van der Waals surface area contributed by atoms with E-state index in [0.29, 0.717) is 0 Å². The van der Waals surface area contributed by atoms with Gasteiger partial charge in [-0.3, -0.25) is 24.5 Å². The molecule has 0 saturated heterocycles. The van der Waals surface area contributed by atoms with E-state index in [2.05, 4.69) is 9.72 Å². The number of H-pyrrole nitrogens is 1. The molecule has 0 fully saturated rings. The second-order valence-electron chi connectivity index (χ2n) is 4.47. The van der Waals surface area contributed by atoms with E-state index >= 15 is 0 Å². The summed E-state index contributed by atoms with van der Waals surface area (Å²) in [6.07, 6.45) is 0.913. The number of amides is 1. The Labute approximate surface area is 119 Å². The van der Waals surface area contributed by atoms with Crippen LogP contribution in [0.4, 0.5) is 5.69 Å². The molecule has 1 unspecified atom stereocenters. The van der Waals surface area contributed by atoms with Gasteiger partial charge in [0.2, 0.25) is 0 Å². The Morgan fingerprint density at radius 1 is 1.52 bits per heavy atom. The molecule has 1 amide bonds. The van der Waals surface area contributed by atoms with Crippen LogP contribution < -0.4 is 5.56 Å². The van der Waals surface area contributed by atoms with Gasteiger partial charge >= 0.3 is 5.97 Å². The molecule has 0 spiro atoms. The third kappa shape index (κ3) is 3.88. The Balaban J connectivity index is 2.97. The van der Waals surface area contributed by atoms with Crippen molar-refractivity contribution in [3.63, 3.8) is 0 Å². The van der Waals surface area contributed by atoms with Crippen molar-refractivity contribution in [2.45, 2.75) is 6.92 Å². The number of pyridine rings is 1. The average Bonchev–Trinajstić information content (AvgIpc) is 2.45. The van der Waals surface area contributed by atoms with Crippen LogP contribution in [0.5, 0.6) is 0 Å². The Bertz CT molecular complexity index is 624. The maximum absolute atomic E-state index is 12.1. The number of rotatable bonds is 5. The first-order valence-electron chi connectivity index (χ1n) is 5.98. The highest BCUT2D eigenvalue weighted by Gasteiger charge is 2.23. The molecule has 1 aromatic heterocycles. The Kier molecular flexibility index (Phi) is 5.17. The number of nitro groups is 1. The molecule has 0 bridgehead atoms. The molecule has 1 rings (SSSR count). The van der Waals surface area contributed by atoms with E-state index in [1.807, 2.05) is 0 Å². The zero-order valence-corrected chi connectivity index (χ0v) is 11.8. The predicted molar refractivity (Wildman–Crippen MR) is 71.9 cm³/mol. The third-order valence-electron chi connectivity index (χ3n) is 2.83. The Hall–Kier alpha value is -2.71. The van der Waals surface area contributed by atoms with Gasteiger partial charge in [0.1, 0.15) is 5.56 Å². The van der Waals surface area contributed by atoms with Gasteiger partial charge in [-0.05, 0) is 0 Å². The van der Waals surface area contributed by atoms with Crippen molar-refractivity contribution >= 4 is 17.6 Å². The van der Waals surface area contributed by atoms with E-state index in [0.717, 1.165) is 17.2 Å². The van der Waals surface area contributed by atoms with Gasteiger partial charge in [-0.2, -0.15) is 0 Å². The smallest absolute Gasteiger partial charge is 0.310 e. The molecule has 21 heavy (non-hydrogen) atoms. The minimum atomic E-state index is -0.733. The number of aromatic amines is 1. The Morgan fingerprint density at radius 2 is 2.14 bits per heavy atom. The zero-order valence-electron chi connectivity index (χ0n) is 11.8. The van der Waals surface area contributed by atoms with E-state index in [9.17, 15) is 24.5 Å². The maximum Gasteiger partial charge on any atom is 0.310 e. The lowest BCUT2D eigenvalue weighted by atomic mass is 10.1. The van der Waals surface area contributed by atoms with Crippen LogP contribution in [0.25, 0.3) is 0 Å². The molecule has 0 aliphatic heterocycles. The number of nitrogens with zero attached hydrogens (tertiary/aromatic N) is 2. The van der Waals surface area contributed by atoms with Crippen molar-refractivity contribution in [1.29, 1.82) is 0 Å². The molecule has 9 heteroatoms. The molecular weight excluding hydrogens is 282 g/mol. The summed E-state index contributed by atoms with van der Waals surface area (Å²) in [5.41, 5.74) is -1.49. The van der Waals surface area contributed by atoms with Gasteiger partial charge in [-0.25, -0.2) is 0 Å². The van der Waals surface area contributed by atoms with E-state index < -0.39 is 34.0 Å². The first-order chi connectivity index (χ1) is 9.77. The normalized spacial score (nSPS) is 11.6. The summed E-state index contributed by atoms with van der Waals surface area (Å²) in [6, 6.07) is 0.903. The lowest BCUT2D eigenvalue weighted by molar-refractivity contribution is -0.385. The minimum Gasteiger partial charge on any atom is -0.469 e. The van der Waals surface area contributed by atoms with Gasteiger partial charge in [0, 0.05) is 19.7 Å². The third-order valence-corrected chi connectivity index (χ3v) is 2.83. The van der Waals surface area contributed by atoms with E-state index in [4.69, 9.17) is 0 Å². The van der Waals surface area contributed by atoms with E-state index in [-0.39, 0.29) is 12.1 Å². The van der Waals surface area contributed by atoms with Crippen molar-refractivity contribution in [2.24, 2.45) is 5.92 Å². The summed E-state index contributed by atoms with van der Waals surface area (Å²) < 4.78 is 4.54. The number of hydrogen-bond donors (Lipinski definition) is 1. The number of ether oxygens (including phenoxy) is 1. The van der Waals surface area contributed by atoms with Gasteiger partial charge in [-0.1, -0.05) is 6.92 Å². The maximum atomic E-state index is 12.1. The zero-order chi connectivity index (χ0) is 16.2. The van der Waals surface area contributed by atoms with E-state index in [1.54, 1.807) is 6.92 Å². The molecule has 1 heterocycles. The second kappa shape index (κ2) is 6.64. The lowest BCUT2D eigenvalue weighted by Gasteiger charge is -2.19. The van der Waals surface area contributed by atoms with Crippen LogP contribution in [-0.4, -0.2) is 47.4 Å². The van der Waals surface area contributed by atoms with Crippen LogP contribution in [0, 0.1) is 16.0 Å². The number of carbonyl (C=O) groups excluding carboxylic acids is 2. The monoisotopic (exact) mass is 297 g/mol. The summed E-state index contributed by atoms with van der Waals surface area (Å²) >= 11 is 0. The largest absolute Gasteiger partial charge is 0.469 e. The standard InChI is InChI=1S/C12H15N3O6/c1-7(12(18)21-3)6-14(2)11(17)9-4-8(15(19)20)5-13-10(9)16/h4-5,7H,6H2,1-3H3,(H,13,16). The fourth-order valence-corrected chi connectivity index (χ4v) is 1.71. The fourth-order valence-electron chi connectivity index (χ4n) is 1.71. The van der Waals surface area contributed by atoms with Crippen LogP contribution in [0.15, 0.2) is 17.1 Å². The van der Waals surface area contributed by atoms with Crippen LogP contribution in [-0.2, 0) is 9.53 Å². The van der Waals surface area contributed by atoms with Gasteiger partial charge in [0.25, 0.3) is 17.2 Å². The van der Waals surface area contributed by atoms with Crippen LogP contribution >= 0.6 is 0 Å². The SMILES string of the molecule is COC(=O)C(C)CN(C)C(=O)c1cc([N+](=O)[O-])c[nH]c1=O. The molecule has 0 aliphatic rings. The van der Waals surface area contributed by atoms with Crippen molar-refractivity contribution in [3.8, 4) is 0 Å². The van der Waals surface area contributed by atoms with Gasteiger partial charge in [0.05, 0.1) is 24.1 Å². The van der Waals surface area contributed by atoms with E-state index in [1.165, 1.54) is 14.2 Å². The summed E-state index contributed by atoms with van der Waals surface area (Å²) in [5, 5.41) is 10.7. The average molecular weight is 297 g/mol. The van der Waals surface area contributed by atoms with Crippen molar-refractivity contribution in [2.75, 3.05) is 20.7 Å². The topological polar surface area (TPSA) is 123 Å². The number of carbonyl (C=O) groups is 2.